The van der Waals surface area contributed by atoms with Crippen molar-refractivity contribution in [3.05, 3.63) is 77.3 Å². The van der Waals surface area contributed by atoms with E-state index < -0.39 is 11.6 Å². The third-order valence-corrected chi connectivity index (χ3v) is 4.92. The Labute approximate surface area is 161 Å². The maximum absolute atomic E-state index is 13.5. The van der Waals surface area contributed by atoms with Crippen molar-refractivity contribution in [3.63, 3.8) is 0 Å². The highest BCUT2D eigenvalue weighted by Crippen LogP contribution is 2.28. The van der Waals surface area contributed by atoms with Crippen LogP contribution in [0.4, 0.5) is 8.78 Å². The smallest absolute Gasteiger partial charge is 0.253 e. The number of carbonyl (C=O) groups is 1. The number of benzene rings is 1. The highest BCUT2D eigenvalue weighted by molar-refractivity contribution is 5.94. The van der Waals surface area contributed by atoms with Gasteiger partial charge in [-0.2, -0.15) is 0 Å². The quantitative estimate of drug-likeness (QED) is 0.814. The molecule has 2 aliphatic heterocycles. The molecule has 0 radical (unpaired) electrons. The minimum Gasteiger partial charge on any atom is -0.472 e. The van der Waals surface area contributed by atoms with Crippen LogP contribution in [0, 0.1) is 17.6 Å². The molecule has 1 atom stereocenters. The fraction of sp³-hybridized carbons (Fsp3) is 0.286. The van der Waals surface area contributed by atoms with Crippen LogP contribution in [-0.2, 0) is 4.74 Å². The molecule has 1 amide bonds. The van der Waals surface area contributed by atoms with E-state index in [-0.39, 0.29) is 17.4 Å². The van der Waals surface area contributed by atoms with Crippen LogP contribution >= 0.6 is 0 Å². The second kappa shape index (κ2) is 7.88. The molecule has 0 aliphatic carbocycles. The highest BCUT2D eigenvalue weighted by atomic mass is 19.2. The minimum atomic E-state index is -1.02. The van der Waals surface area contributed by atoms with Gasteiger partial charge in [-0.15, -0.1) is 0 Å². The summed E-state index contributed by atoms with van der Waals surface area (Å²) in [5.74, 6) is -1.74. The van der Waals surface area contributed by atoms with Crippen molar-refractivity contribution in [1.82, 2.24) is 9.88 Å². The molecule has 7 heteroatoms. The summed E-state index contributed by atoms with van der Waals surface area (Å²) in [5.41, 5.74) is 1.69. The average Bonchev–Trinajstić information content (AvgIpc) is 2.76. The summed E-state index contributed by atoms with van der Waals surface area (Å²) in [4.78, 5) is 23.3. The Morgan fingerprint density at radius 3 is 2.86 bits per heavy atom. The monoisotopic (exact) mass is 383 g/mol. The molecule has 4 rings (SSSR count). The average molecular weight is 383 g/mol. The predicted octanol–water partition coefficient (Wildman–Crippen LogP) is 3.57. The molecule has 1 aromatic carbocycles. The second-order valence-electron chi connectivity index (χ2n) is 6.79. The Balaban J connectivity index is 1.50. The van der Waals surface area contributed by atoms with E-state index in [0.29, 0.717) is 31.3 Å². The van der Waals surface area contributed by atoms with Crippen LogP contribution < -0.4 is 0 Å². The lowest BCUT2D eigenvalue weighted by molar-refractivity contribution is 0.0689. The molecule has 0 unspecified atom stereocenters. The molecule has 2 aromatic rings. The van der Waals surface area contributed by atoms with Crippen molar-refractivity contribution in [1.29, 1.82) is 0 Å². The van der Waals surface area contributed by atoms with E-state index in [4.69, 9.17) is 4.74 Å². The molecule has 1 saturated heterocycles. The first kappa shape index (κ1) is 18.3. The lowest BCUT2D eigenvalue weighted by atomic mass is 9.93. The maximum Gasteiger partial charge on any atom is 0.253 e. The van der Waals surface area contributed by atoms with E-state index in [2.05, 4.69) is 9.98 Å². The SMILES string of the molecule is O=C(c1ccc(F)c(F)c1)N1CCC[C@H](C2=CCOC(c3ccccn3)=N2)C1. The zero-order valence-electron chi connectivity index (χ0n) is 15.1. The van der Waals surface area contributed by atoms with Gasteiger partial charge < -0.3 is 9.64 Å². The van der Waals surface area contributed by atoms with Crippen LogP contribution in [0.15, 0.2) is 59.4 Å². The van der Waals surface area contributed by atoms with Crippen molar-refractivity contribution in [2.75, 3.05) is 19.7 Å². The van der Waals surface area contributed by atoms with Gasteiger partial charge in [0.15, 0.2) is 11.6 Å². The number of hydrogen-bond donors (Lipinski definition) is 0. The number of halogens is 2. The van der Waals surface area contributed by atoms with Gasteiger partial charge in [0, 0.05) is 36.5 Å². The lowest BCUT2D eigenvalue weighted by Gasteiger charge is -2.33. The Morgan fingerprint density at radius 1 is 1.18 bits per heavy atom. The molecule has 144 valence electrons. The van der Waals surface area contributed by atoms with E-state index in [1.807, 2.05) is 24.3 Å². The number of carbonyl (C=O) groups excluding carboxylic acids is 1. The van der Waals surface area contributed by atoms with Crippen LogP contribution in [0.1, 0.15) is 28.9 Å². The van der Waals surface area contributed by atoms with E-state index in [0.717, 1.165) is 30.7 Å². The van der Waals surface area contributed by atoms with Gasteiger partial charge in [-0.05, 0) is 49.2 Å². The molecular formula is C21H19F2N3O2. The number of amides is 1. The number of ether oxygens (including phenoxy) is 1. The summed E-state index contributed by atoms with van der Waals surface area (Å²) in [5, 5.41) is 0. The number of aliphatic imine (C=N–C) groups is 1. The third-order valence-electron chi connectivity index (χ3n) is 4.92. The molecule has 28 heavy (non-hydrogen) atoms. The first-order valence-corrected chi connectivity index (χ1v) is 9.19. The van der Waals surface area contributed by atoms with Crippen molar-refractivity contribution >= 4 is 11.8 Å². The third kappa shape index (κ3) is 3.78. The van der Waals surface area contributed by atoms with Gasteiger partial charge >= 0.3 is 0 Å². The van der Waals surface area contributed by atoms with Crippen LogP contribution in [0.5, 0.6) is 0 Å². The van der Waals surface area contributed by atoms with Gasteiger partial charge in [0.2, 0.25) is 5.90 Å². The zero-order valence-corrected chi connectivity index (χ0v) is 15.1. The molecule has 1 aromatic heterocycles. The molecule has 0 bridgehead atoms. The number of likely N-dealkylation sites (tertiary alicyclic amines) is 1. The van der Waals surface area contributed by atoms with Gasteiger partial charge in [-0.3, -0.25) is 9.78 Å². The van der Waals surface area contributed by atoms with E-state index in [1.54, 1.807) is 11.1 Å². The number of rotatable bonds is 3. The molecule has 0 spiro atoms. The molecule has 2 aliphatic rings. The van der Waals surface area contributed by atoms with Crippen LogP contribution in [-0.4, -0.2) is 41.4 Å². The van der Waals surface area contributed by atoms with Gasteiger partial charge in [0.25, 0.3) is 5.91 Å². The molecular weight excluding hydrogens is 364 g/mol. The highest BCUT2D eigenvalue weighted by Gasteiger charge is 2.28. The normalized spacial score (nSPS) is 19.5. The van der Waals surface area contributed by atoms with Crippen LogP contribution in [0.25, 0.3) is 0 Å². The Kier molecular flexibility index (Phi) is 5.14. The predicted molar refractivity (Wildman–Crippen MR) is 99.8 cm³/mol. The van der Waals surface area contributed by atoms with Gasteiger partial charge in [0.05, 0.1) is 0 Å². The summed E-state index contributed by atoms with van der Waals surface area (Å²) in [7, 11) is 0. The number of piperidine rings is 1. The Hall–Kier alpha value is -3.09. The Morgan fingerprint density at radius 2 is 2.07 bits per heavy atom. The van der Waals surface area contributed by atoms with Gasteiger partial charge in [0.1, 0.15) is 12.3 Å². The van der Waals surface area contributed by atoms with E-state index in [9.17, 15) is 13.6 Å². The number of hydrogen-bond acceptors (Lipinski definition) is 4. The standard InChI is InChI=1S/C21H19F2N3O2/c22-16-7-6-14(12-17(16)23)21(27)26-10-3-4-15(13-26)18-8-11-28-20(25-18)19-5-1-2-9-24-19/h1-2,5-9,12,15H,3-4,10-11,13H2/t15-/m0/s1. The van der Waals surface area contributed by atoms with E-state index >= 15 is 0 Å². The summed E-state index contributed by atoms with van der Waals surface area (Å²) in [6.45, 7) is 1.45. The maximum atomic E-state index is 13.5. The Bertz CT molecular complexity index is 944. The zero-order chi connectivity index (χ0) is 19.5. The first-order chi connectivity index (χ1) is 13.6. The number of aromatic nitrogens is 1. The molecule has 0 N–H and O–H groups in total. The van der Waals surface area contributed by atoms with Gasteiger partial charge in [-0.25, -0.2) is 13.8 Å². The molecule has 1 fully saturated rings. The van der Waals surface area contributed by atoms with Crippen molar-refractivity contribution in [2.24, 2.45) is 10.9 Å². The molecule has 3 heterocycles. The summed E-state index contributed by atoms with van der Waals surface area (Å²) < 4.78 is 32.2. The van der Waals surface area contributed by atoms with E-state index in [1.165, 1.54) is 6.07 Å². The fourth-order valence-electron chi connectivity index (χ4n) is 3.49. The van der Waals surface area contributed by atoms with Crippen molar-refractivity contribution < 1.29 is 18.3 Å². The minimum absolute atomic E-state index is 0.0607. The topological polar surface area (TPSA) is 54.8 Å². The number of nitrogens with zero attached hydrogens (tertiary/aromatic N) is 3. The van der Waals surface area contributed by atoms with Crippen LogP contribution in [0.3, 0.4) is 0 Å². The molecule has 5 nitrogen and oxygen atoms in total. The first-order valence-electron chi connectivity index (χ1n) is 9.19. The summed E-state index contributed by atoms with van der Waals surface area (Å²) >= 11 is 0. The summed E-state index contributed by atoms with van der Waals surface area (Å²) in [6, 6.07) is 8.78. The van der Waals surface area contributed by atoms with Crippen molar-refractivity contribution in [3.8, 4) is 0 Å². The summed E-state index contributed by atoms with van der Waals surface area (Å²) in [6.07, 6.45) is 5.31. The van der Waals surface area contributed by atoms with Gasteiger partial charge in [-0.1, -0.05) is 6.07 Å². The largest absolute Gasteiger partial charge is 0.472 e. The fourth-order valence-corrected chi connectivity index (χ4v) is 3.49. The second-order valence-corrected chi connectivity index (χ2v) is 6.79. The van der Waals surface area contributed by atoms with Crippen molar-refractivity contribution in [2.45, 2.75) is 12.8 Å². The van der Waals surface area contributed by atoms with Crippen LogP contribution in [0.2, 0.25) is 0 Å². The number of pyridine rings is 1. The lowest BCUT2D eigenvalue weighted by Crippen LogP contribution is -2.40. The molecule has 0 saturated carbocycles.